The SMILES string of the molecule is CCCC(=COC=C(CCC)OCCCC#N)OCCCC#N. The van der Waals surface area contributed by atoms with Gasteiger partial charge in [0.05, 0.1) is 25.4 Å². The zero-order valence-corrected chi connectivity index (χ0v) is 14.3. The molecule has 0 amide bonds. The fraction of sp³-hybridized carbons (Fsp3) is 0.667. The predicted molar refractivity (Wildman–Crippen MR) is 88.7 cm³/mol. The molecule has 0 spiro atoms. The number of rotatable bonds is 14. The second-order valence-electron chi connectivity index (χ2n) is 5.02. The van der Waals surface area contributed by atoms with Crippen LogP contribution in [-0.4, -0.2) is 13.2 Å². The topological polar surface area (TPSA) is 75.3 Å². The van der Waals surface area contributed by atoms with E-state index in [-0.39, 0.29) is 0 Å². The Morgan fingerprint density at radius 3 is 1.61 bits per heavy atom. The van der Waals surface area contributed by atoms with Crippen LogP contribution in [0, 0.1) is 22.7 Å². The van der Waals surface area contributed by atoms with Gasteiger partial charge in [0, 0.05) is 25.7 Å². The number of hydrogen-bond donors (Lipinski definition) is 0. The summed E-state index contributed by atoms with van der Waals surface area (Å²) in [6.07, 6.45) is 9.16. The summed E-state index contributed by atoms with van der Waals surface area (Å²) >= 11 is 0. The number of nitriles is 2. The van der Waals surface area contributed by atoms with E-state index < -0.39 is 0 Å². The van der Waals surface area contributed by atoms with E-state index in [1.165, 1.54) is 0 Å². The van der Waals surface area contributed by atoms with Crippen molar-refractivity contribution < 1.29 is 14.2 Å². The minimum Gasteiger partial charge on any atom is -0.495 e. The molecule has 0 aliphatic rings. The van der Waals surface area contributed by atoms with Crippen LogP contribution in [-0.2, 0) is 14.2 Å². The highest BCUT2D eigenvalue weighted by Gasteiger charge is 2.00. The molecule has 0 aromatic heterocycles. The summed E-state index contributed by atoms with van der Waals surface area (Å²) in [5.41, 5.74) is 0. The number of allylic oxidation sites excluding steroid dienone is 2. The molecule has 0 N–H and O–H groups in total. The molecule has 0 rings (SSSR count). The molecule has 0 aromatic carbocycles. The molecule has 0 fully saturated rings. The standard InChI is InChI=1S/C18H28N2O3/c1-3-9-17(22-13-7-5-11-19)15-21-16-18(10-4-2)23-14-8-6-12-20/h15-16H,3-10,13-14H2,1-2H3. The van der Waals surface area contributed by atoms with Gasteiger partial charge in [0.2, 0.25) is 0 Å². The van der Waals surface area contributed by atoms with Crippen molar-refractivity contribution in [2.24, 2.45) is 0 Å². The fourth-order valence-corrected chi connectivity index (χ4v) is 1.72. The van der Waals surface area contributed by atoms with Gasteiger partial charge in [0.1, 0.15) is 24.0 Å². The summed E-state index contributed by atoms with van der Waals surface area (Å²) in [4.78, 5) is 0. The molecule has 0 saturated heterocycles. The van der Waals surface area contributed by atoms with E-state index in [9.17, 15) is 0 Å². The first-order valence-corrected chi connectivity index (χ1v) is 8.31. The highest BCUT2D eigenvalue weighted by Crippen LogP contribution is 2.11. The highest BCUT2D eigenvalue weighted by atomic mass is 16.5. The Kier molecular flexibility index (Phi) is 14.7. The lowest BCUT2D eigenvalue weighted by Gasteiger charge is -2.10. The quantitative estimate of drug-likeness (QED) is 0.335. The largest absolute Gasteiger partial charge is 0.495 e. The molecule has 0 heterocycles. The monoisotopic (exact) mass is 320 g/mol. The fourth-order valence-electron chi connectivity index (χ4n) is 1.72. The van der Waals surface area contributed by atoms with Gasteiger partial charge in [-0.2, -0.15) is 10.5 Å². The number of hydrogen-bond acceptors (Lipinski definition) is 5. The maximum atomic E-state index is 8.51. The van der Waals surface area contributed by atoms with Crippen LogP contribution in [0.5, 0.6) is 0 Å². The Morgan fingerprint density at radius 2 is 1.26 bits per heavy atom. The first kappa shape index (κ1) is 20.9. The lowest BCUT2D eigenvalue weighted by atomic mass is 10.3. The van der Waals surface area contributed by atoms with Crippen LogP contribution in [0.4, 0.5) is 0 Å². The van der Waals surface area contributed by atoms with Crippen LogP contribution >= 0.6 is 0 Å². The molecule has 0 aromatic rings. The number of unbranched alkanes of at least 4 members (excludes halogenated alkanes) is 2. The first-order chi connectivity index (χ1) is 11.3. The van der Waals surface area contributed by atoms with E-state index in [1.807, 2.05) is 0 Å². The van der Waals surface area contributed by atoms with Crippen LogP contribution in [0.1, 0.15) is 65.2 Å². The molecule has 0 bridgehead atoms. The van der Waals surface area contributed by atoms with E-state index >= 15 is 0 Å². The van der Waals surface area contributed by atoms with Crippen molar-refractivity contribution in [3.05, 3.63) is 24.0 Å². The number of ether oxygens (including phenoxy) is 3. The Morgan fingerprint density at radius 1 is 0.826 bits per heavy atom. The van der Waals surface area contributed by atoms with Crippen molar-refractivity contribution in [1.82, 2.24) is 0 Å². The third-order valence-electron chi connectivity index (χ3n) is 2.83. The average Bonchev–Trinajstić information content (AvgIpc) is 2.55. The zero-order valence-electron chi connectivity index (χ0n) is 14.3. The summed E-state index contributed by atoms with van der Waals surface area (Å²) in [5, 5.41) is 17.0. The van der Waals surface area contributed by atoms with Crippen LogP contribution in [0.25, 0.3) is 0 Å². The van der Waals surface area contributed by atoms with Gasteiger partial charge in [-0.25, -0.2) is 0 Å². The summed E-state index contributed by atoms with van der Waals surface area (Å²) < 4.78 is 16.7. The van der Waals surface area contributed by atoms with Gasteiger partial charge in [-0.05, 0) is 25.7 Å². The van der Waals surface area contributed by atoms with Crippen LogP contribution in [0.3, 0.4) is 0 Å². The molecule has 5 heteroatoms. The third kappa shape index (κ3) is 13.3. The van der Waals surface area contributed by atoms with Crippen molar-refractivity contribution >= 4 is 0 Å². The summed E-state index contributed by atoms with van der Waals surface area (Å²) in [7, 11) is 0. The van der Waals surface area contributed by atoms with E-state index in [0.29, 0.717) is 26.1 Å². The second-order valence-corrected chi connectivity index (χ2v) is 5.02. The van der Waals surface area contributed by atoms with Gasteiger partial charge in [-0.1, -0.05) is 13.8 Å². The third-order valence-corrected chi connectivity index (χ3v) is 2.83. The van der Waals surface area contributed by atoms with Gasteiger partial charge in [0.25, 0.3) is 0 Å². The van der Waals surface area contributed by atoms with E-state index in [2.05, 4.69) is 26.0 Å². The maximum absolute atomic E-state index is 8.51. The van der Waals surface area contributed by atoms with Crippen molar-refractivity contribution in [2.75, 3.05) is 13.2 Å². The highest BCUT2D eigenvalue weighted by molar-refractivity contribution is 4.93. The Balaban J connectivity index is 4.36. The zero-order chi connectivity index (χ0) is 17.2. The Labute approximate surface area is 140 Å². The maximum Gasteiger partial charge on any atom is 0.131 e. The minimum absolute atomic E-state index is 0.497. The van der Waals surface area contributed by atoms with E-state index in [4.69, 9.17) is 24.7 Å². The molecule has 0 atom stereocenters. The molecule has 23 heavy (non-hydrogen) atoms. The Hall–Kier alpha value is -2.14. The van der Waals surface area contributed by atoms with E-state index in [0.717, 1.165) is 50.0 Å². The molecular weight excluding hydrogens is 292 g/mol. The van der Waals surface area contributed by atoms with Crippen molar-refractivity contribution in [2.45, 2.75) is 65.2 Å². The van der Waals surface area contributed by atoms with Crippen LogP contribution < -0.4 is 0 Å². The average molecular weight is 320 g/mol. The normalized spacial score (nSPS) is 11.5. The molecule has 0 aliphatic carbocycles. The smallest absolute Gasteiger partial charge is 0.131 e. The van der Waals surface area contributed by atoms with Gasteiger partial charge >= 0.3 is 0 Å². The predicted octanol–water partition coefficient (Wildman–Crippen LogP) is 4.93. The van der Waals surface area contributed by atoms with Gasteiger partial charge in [-0.15, -0.1) is 0 Å². The molecule has 0 aliphatic heterocycles. The van der Waals surface area contributed by atoms with Crippen LogP contribution in [0.15, 0.2) is 24.0 Å². The molecule has 0 saturated carbocycles. The van der Waals surface area contributed by atoms with Crippen LogP contribution in [0.2, 0.25) is 0 Å². The molecule has 0 radical (unpaired) electrons. The van der Waals surface area contributed by atoms with Crippen molar-refractivity contribution in [1.29, 1.82) is 10.5 Å². The first-order valence-electron chi connectivity index (χ1n) is 8.31. The van der Waals surface area contributed by atoms with Crippen molar-refractivity contribution in [3.8, 4) is 12.1 Å². The molecule has 5 nitrogen and oxygen atoms in total. The molecular formula is C18H28N2O3. The van der Waals surface area contributed by atoms with Crippen molar-refractivity contribution in [3.63, 3.8) is 0 Å². The lowest BCUT2D eigenvalue weighted by Crippen LogP contribution is -1.97. The van der Waals surface area contributed by atoms with Gasteiger partial charge in [0.15, 0.2) is 0 Å². The summed E-state index contributed by atoms with van der Waals surface area (Å²) in [6.45, 7) is 5.20. The summed E-state index contributed by atoms with van der Waals surface area (Å²) in [5.74, 6) is 1.56. The Bertz CT molecular complexity index is 391. The molecule has 0 unspecified atom stereocenters. The lowest BCUT2D eigenvalue weighted by molar-refractivity contribution is 0.171. The van der Waals surface area contributed by atoms with E-state index in [1.54, 1.807) is 12.5 Å². The molecule has 128 valence electrons. The number of nitrogens with zero attached hydrogens (tertiary/aromatic N) is 2. The van der Waals surface area contributed by atoms with Gasteiger partial charge in [-0.3, -0.25) is 0 Å². The van der Waals surface area contributed by atoms with Gasteiger partial charge < -0.3 is 14.2 Å². The minimum atomic E-state index is 0.497. The second kappa shape index (κ2) is 16.2. The summed E-state index contributed by atoms with van der Waals surface area (Å²) in [6, 6.07) is 4.19.